The van der Waals surface area contributed by atoms with E-state index < -0.39 is 34.1 Å². The molecule has 15 heteroatoms. The molecular weight excluding hydrogens is 652 g/mol. The summed E-state index contributed by atoms with van der Waals surface area (Å²) < 4.78 is 36.3. The van der Waals surface area contributed by atoms with Gasteiger partial charge < -0.3 is 30.7 Å². The molecule has 14 nitrogen and oxygen atoms in total. The van der Waals surface area contributed by atoms with E-state index >= 15 is 0 Å². The maximum absolute atomic E-state index is 13.3. The molecule has 0 atom stereocenters. The molecule has 6 amide bonds. The van der Waals surface area contributed by atoms with Gasteiger partial charge in [0.1, 0.15) is 0 Å². The Morgan fingerprint density at radius 3 is 1.18 bits per heavy atom. The molecule has 0 unspecified atom stereocenters. The van der Waals surface area contributed by atoms with Crippen LogP contribution < -0.4 is 31.9 Å². The Labute approximate surface area is 283 Å². The van der Waals surface area contributed by atoms with Crippen molar-refractivity contribution in [3.63, 3.8) is 0 Å². The van der Waals surface area contributed by atoms with Crippen LogP contribution in [0.2, 0.25) is 0 Å². The maximum atomic E-state index is 13.3. The number of carbonyl (C=O) groups excluding carboxylic acids is 4. The largest absolute Gasteiger partial charge is 0.450 e. The summed E-state index contributed by atoms with van der Waals surface area (Å²) in [7, 11) is -3.92. The summed E-state index contributed by atoms with van der Waals surface area (Å²) in [6, 6.07) is 20.1. The van der Waals surface area contributed by atoms with Gasteiger partial charge in [0.25, 0.3) is 0 Å². The van der Waals surface area contributed by atoms with Gasteiger partial charge in [0.05, 0.1) is 23.0 Å². The fourth-order valence-electron chi connectivity index (χ4n) is 4.38. The normalized spacial score (nSPS) is 10.7. The smallest absolute Gasteiger partial charge is 0.411 e. The number of ether oxygens (including phenoxy) is 2. The van der Waals surface area contributed by atoms with Crippen molar-refractivity contribution in [2.75, 3.05) is 45.1 Å². The van der Waals surface area contributed by atoms with E-state index in [1.165, 1.54) is 48.5 Å². The van der Waals surface area contributed by atoms with Crippen LogP contribution >= 0.6 is 0 Å². The quantitative estimate of drug-likeness (QED) is 0.0982. The minimum Gasteiger partial charge on any atom is -0.450 e. The molecule has 6 N–H and O–H groups in total. The van der Waals surface area contributed by atoms with Crippen LogP contribution in [0.4, 0.5) is 53.3 Å². The highest BCUT2D eigenvalue weighted by Gasteiger charge is 2.18. The van der Waals surface area contributed by atoms with Crippen LogP contribution in [0.3, 0.4) is 0 Å². The number of sulfone groups is 1. The molecule has 0 bridgehead atoms. The van der Waals surface area contributed by atoms with Gasteiger partial charge in [-0.3, -0.25) is 10.6 Å². The van der Waals surface area contributed by atoms with Crippen LogP contribution in [0.15, 0.2) is 94.7 Å². The number of nitrogens with one attached hydrogen (secondary N) is 6. The number of benzene rings is 4. The van der Waals surface area contributed by atoms with Crippen molar-refractivity contribution in [2.24, 2.45) is 0 Å². The van der Waals surface area contributed by atoms with Gasteiger partial charge in [0.15, 0.2) is 0 Å². The zero-order chi connectivity index (χ0) is 35.6. The van der Waals surface area contributed by atoms with E-state index in [-0.39, 0.29) is 23.0 Å². The Morgan fingerprint density at radius 2 is 0.837 bits per heavy atom. The van der Waals surface area contributed by atoms with Crippen molar-refractivity contribution in [2.45, 2.75) is 37.5 Å². The number of hydrogen-bond acceptors (Lipinski definition) is 8. The summed E-state index contributed by atoms with van der Waals surface area (Å²) in [5, 5.41) is 15.8. The molecule has 0 aliphatic carbocycles. The van der Waals surface area contributed by atoms with Crippen molar-refractivity contribution in [3.05, 3.63) is 96.1 Å². The van der Waals surface area contributed by atoms with E-state index in [2.05, 4.69) is 31.9 Å². The summed E-state index contributed by atoms with van der Waals surface area (Å²) in [6.07, 6.45) is -1.22. The Bertz CT molecular complexity index is 1810. The van der Waals surface area contributed by atoms with Crippen LogP contribution in [-0.4, -0.2) is 45.9 Å². The van der Waals surface area contributed by atoms with Gasteiger partial charge in [0.2, 0.25) is 9.84 Å². The first-order chi connectivity index (χ1) is 23.4. The Balaban J connectivity index is 1.34. The molecule has 0 fully saturated rings. The highest BCUT2D eigenvalue weighted by atomic mass is 32.2. The van der Waals surface area contributed by atoms with Gasteiger partial charge in [-0.05, 0) is 112 Å². The SMILES string of the molecule is CCOC(=O)Nc1cc(NC(=O)Nc2ccc(S(=O)(=O)c3ccc(NC(=O)Nc4ccc(C)c(NC(=O)OCC)c4)cc3)cc2)ccc1C. The standard InChI is InChI=1S/C34H36N6O8S/c1-5-47-33(43)39-29-19-25(9-7-21(29)3)37-31(41)35-23-11-15-27(16-12-23)49(45,46)28-17-13-24(14-18-28)36-32(42)38-26-10-8-22(4)30(20-26)40-34(44)48-6-2/h7-20H,5-6H2,1-4H3,(H,39,43)(H,40,44)(H2,35,37,41)(H2,36,38,42). The third-order valence-corrected chi connectivity index (χ3v) is 8.65. The number of rotatable bonds is 10. The number of urea groups is 2. The summed E-state index contributed by atoms with van der Waals surface area (Å²) in [6.45, 7) is 7.40. The Kier molecular flexibility index (Phi) is 11.8. The third-order valence-electron chi connectivity index (χ3n) is 6.86. The van der Waals surface area contributed by atoms with Crippen molar-refractivity contribution in [1.29, 1.82) is 0 Å². The summed E-state index contributed by atoms with van der Waals surface area (Å²) >= 11 is 0. The number of amides is 6. The van der Waals surface area contributed by atoms with Crippen LogP contribution in [0.25, 0.3) is 0 Å². The Hall–Kier alpha value is -6.09. The third kappa shape index (κ3) is 9.95. The van der Waals surface area contributed by atoms with Crippen molar-refractivity contribution < 1.29 is 37.1 Å². The minimum atomic E-state index is -3.92. The number of hydrogen-bond donors (Lipinski definition) is 6. The van der Waals surface area contributed by atoms with E-state index in [9.17, 15) is 27.6 Å². The fourth-order valence-corrected chi connectivity index (χ4v) is 5.64. The lowest BCUT2D eigenvalue weighted by Crippen LogP contribution is -2.20. The van der Waals surface area contributed by atoms with Crippen LogP contribution in [0.1, 0.15) is 25.0 Å². The lowest BCUT2D eigenvalue weighted by atomic mass is 10.2. The Morgan fingerprint density at radius 1 is 0.510 bits per heavy atom. The molecule has 0 aromatic heterocycles. The van der Waals surface area contributed by atoms with Gasteiger partial charge in [-0.2, -0.15) is 0 Å². The van der Waals surface area contributed by atoms with E-state index in [0.29, 0.717) is 34.1 Å². The zero-order valence-corrected chi connectivity index (χ0v) is 28.0. The van der Waals surface area contributed by atoms with Crippen molar-refractivity contribution in [1.82, 2.24) is 0 Å². The van der Waals surface area contributed by atoms with Crippen LogP contribution in [0.5, 0.6) is 0 Å². The van der Waals surface area contributed by atoms with Gasteiger partial charge in [-0.1, -0.05) is 12.1 Å². The number of carbonyl (C=O) groups is 4. The second-order valence-corrected chi connectivity index (χ2v) is 12.4. The molecule has 4 aromatic carbocycles. The zero-order valence-electron chi connectivity index (χ0n) is 27.2. The first-order valence-corrected chi connectivity index (χ1v) is 16.6. The first kappa shape index (κ1) is 35.8. The van der Waals surface area contributed by atoms with E-state index in [1.807, 2.05) is 0 Å². The summed E-state index contributed by atoms with van der Waals surface area (Å²) in [5.41, 5.74) is 4.00. The lowest BCUT2D eigenvalue weighted by molar-refractivity contribution is 0.167. The molecule has 49 heavy (non-hydrogen) atoms. The second kappa shape index (κ2) is 16.1. The van der Waals surface area contributed by atoms with Crippen molar-refractivity contribution >= 4 is 68.2 Å². The van der Waals surface area contributed by atoms with Gasteiger partial charge >= 0.3 is 24.2 Å². The first-order valence-electron chi connectivity index (χ1n) is 15.1. The van der Waals surface area contributed by atoms with E-state index in [4.69, 9.17) is 9.47 Å². The van der Waals surface area contributed by atoms with Crippen LogP contribution in [0, 0.1) is 13.8 Å². The summed E-state index contributed by atoms with van der Waals surface area (Å²) in [5.74, 6) is 0. The molecule has 0 radical (unpaired) electrons. The van der Waals surface area contributed by atoms with Gasteiger partial charge in [0, 0.05) is 34.1 Å². The fraction of sp³-hybridized carbons (Fsp3) is 0.176. The minimum absolute atomic E-state index is 0.00303. The number of aryl methyl sites for hydroxylation is 2. The predicted octanol–water partition coefficient (Wildman–Crippen LogP) is 7.56. The molecule has 4 rings (SSSR count). The highest BCUT2D eigenvalue weighted by Crippen LogP contribution is 2.25. The summed E-state index contributed by atoms with van der Waals surface area (Å²) in [4.78, 5) is 48.8. The monoisotopic (exact) mass is 688 g/mol. The molecule has 0 aliphatic rings. The molecule has 0 aliphatic heterocycles. The van der Waals surface area contributed by atoms with E-state index in [1.54, 1.807) is 64.1 Å². The second-order valence-electron chi connectivity index (χ2n) is 10.5. The van der Waals surface area contributed by atoms with Gasteiger partial charge in [-0.25, -0.2) is 27.6 Å². The van der Waals surface area contributed by atoms with Crippen LogP contribution in [-0.2, 0) is 19.3 Å². The number of anilines is 6. The lowest BCUT2D eigenvalue weighted by Gasteiger charge is -2.13. The average Bonchev–Trinajstić information content (AvgIpc) is 3.05. The predicted molar refractivity (Wildman–Crippen MR) is 187 cm³/mol. The molecule has 256 valence electrons. The molecule has 0 saturated heterocycles. The van der Waals surface area contributed by atoms with Crippen molar-refractivity contribution in [3.8, 4) is 0 Å². The average molecular weight is 689 g/mol. The maximum Gasteiger partial charge on any atom is 0.411 e. The highest BCUT2D eigenvalue weighted by molar-refractivity contribution is 7.91. The molecule has 0 heterocycles. The molecule has 0 spiro atoms. The molecule has 4 aromatic rings. The molecular formula is C34H36N6O8S. The van der Waals surface area contributed by atoms with E-state index in [0.717, 1.165) is 11.1 Å². The molecule has 0 saturated carbocycles. The van der Waals surface area contributed by atoms with Gasteiger partial charge in [-0.15, -0.1) is 0 Å². The topological polar surface area (TPSA) is 193 Å².